The number of thiazole rings is 1. The van der Waals surface area contributed by atoms with Crippen LogP contribution in [0, 0.1) is 0 Å². The third kappa shape index (κ3) is 3.64. The number of nitrogens with zero attached hydrogens (tertiary/aromatic N) is 3. The van der Waals surface area contributed by atoms with Crippen LogP contribution in [0.1, 0.15) is 36.9 Å². The van der Waals surface area contributed by atoms with Crippen LogP contribution in [0.25, 0.3) is 4.96 Å². The van der Waals surface area contributed by atoms with Gasteiger partial charge in [0.2, 0.25) is 0 Å². The van der Waals surface area contributed by atoms with Crippen molar-refractivity contribution in [3.8, 4) is 0 Å². The summed E-state index contributed by atoms with van der Waals surface area (Å²) in [5, 5.41) is 8.16. The van der Waals surface area contributed by atoms with Gasteiger partial charge in [-0.15, -0.1) is 11.3 Å². The molecule has 2 fully saturated rings. The molecule has 4 heterocycles. The molecule has 2 N–H and O–H groups in total. The zero-order chi connectivity index (χ0) is 18.9. The molecule has 2 aliphatic rings. The number of amides is 2. The molecule has 0 spiro atoms. The molecule has 6 nitrogen and oxygen atoms in total. The van der Waals surface area contributed by atoms with Gasteiger partial charge >= 0.3 is 6.03 Å². The van der Waals surface area contributed by atoms with Crippen LogP contribution in [0.5, 0.6) is 0 Å². The normalized spacial score (nSPS) is 24.5. The molecule has 146 valence electrons. The number of benzene rings is 1. The highest BCUT2D eigenvalue weighted by molar-refractivity contribution is 7.15. The summed E-state index contributed by atoms with van der Waals surface area (Å²) < 4.78 is 1.99. The van der Waals surface area contributed by atoms with Crippen molar-refractivity contribution in [2.75, 3.05) is 0 Å². The molecule has 1 aromatic carbocycles. The fraction of sp³-hybridized carbons (Fsp3) is 0.429. The minimum absolute atomic E-state index is 0.0859. The van der Waals surface area contributed by atoms with Crippen molar-refractivity contribution >= 4 is 22.3 Å². The fourth-order valence-electron chi connectivity index (χ4n) is 4.71. The Morgan fingerprint density at radius 2 is 1.96 bits per heavy atom. The first-order valence-corrected chi connectivity index (χ1v) is 10.9. The summed E-state index contributed by atoms with van der Waals surface area (Å²) in [5.74, 6) is 0. The Bertz CT molecular complexity index is 910. The number of imidazole rings is 1. The first-order chi connectivity index (χ1) is 13.7. The molecule has 3 aromatic rings. The number of carbonyl (C=O) groups is 1. The SMILES string of the molecule is O=C(NCc1cn2ccsc2n1)NC1CC2CCC(C1)N2Cc1ccccc1. The topological polar surface area (TPSA) is 61.7 Å². The van der Waals surface area contributed by atoms with E-state index in [2.05, 4.69) is 50.8 Å². The predicted molar refractivity (Wildman–Crippen MR) is 110 cm³/mol. The summed E-state index contributed by atoms with van der Waals surface area (Å²) in [5.41, 5.74) is 2.27. The smallest absolute Gasteiger partial charge is 0.315 e. The summed E-state index contributed by atoms with van der Waals surface area (Å²) in [7, 11) is 0. The molecule has 2 aromatic heterocycles. The zero-order valence-corrected chi connectivity index (χ0v) is 16.6. The van der Waals surface area contributed by atoms with Crippen molar-refractivity contribution in [1.82, 2.24) is 24.9 Å². The Kier molecular flexibility index (Phi) is 4.78. The Labute approximate surface area is 168 Å². The quantitative estimate of drug-likeness (QED) is 0.696. The lowest BCUT2D eigenvalue weighted by atomic mass is 9.96. The lowest BCUT2D eigenvalue weighted by Crippen LogP contribution is -2.51. The zero-order valence-electron chi connectivity index (χ0n) is 15.8. The molecule has 0 radical (unpaired) electrons. The second kappa shape index (κ2) is 7.56. The maximum Gasteiger partial charge on any atom is 0.315 e. The van der Waals surface area contributed by atoms with Crippen LogP contribution in [-0.2, 0) is 13.1 Å². The summed E-state index contributed by atoms with van der Waals surface area (Å²) >= 11 is 1.60. The maximum absolute atomic E-state index is 12.4. The predicted octanol–water partition coefficient (Wildman–Crippen LogP) is 3.39. The Morgan fingerprint density at radius 1 is 1.18 bits per heavy atom. The number of aromatic nitrogens is 2. The van der Waals surface area contributed by atoms with Crippen LogP contribution in [-0.4, -0.2) is 38.4 Å². The third-order valence-corrected chi connectivity index (χ3v) is 6.77. The van der Waals surface area contributed by atoms with E-state index in [4.69, 9.17) is 0 Å². The second-order valence-electron chi connectivity index (χ2n) is 7.86. The highest BCUT2D eigenvalue weighted by Crippen LogP contribution is 2.36. The van der Waals surface area contributed by atoms with Gasteiger partial charge in [0, 0.05) is 42.4 Å². The number of urea groups is 1. The minimum atomic E-state index is -0.0859. The lowest BCUT2D eigenvalue weighted by Gasteiger charge is -2.39. The van der Waals surface area contributed by atoms with E-state index < -0.39 is 0 Å². The largest absolute Gasteiger partial charge is 0.335 e. The van der Waals surface area contributed by atoms with Crippen molar-refractivity contribution < 1.29 is 4.79 Å². The molecular formula is C21H25N5OS. The maximum atomic E-state index is 12.4. The van der Waals surface area contributed by atoms with Crippen molar-refractivity contribution in [3.63, 3.8) is 0 Å². The van der Waals surface area contributed by atoms with E-state index >= 15 is 0 Å². The monoisotopic (exact) mass is 395 g/mol. The fourth-order valence-corrected chi connectivity index (χ4v) is 5.43. The van der Waals surface area contributed by atoms with E-state index in [0.29, 0.717) is 18.6 Å². The molecule has 2 atom stereocenters. The van der Waals surface area contributed by atoms with Gasteiger partial charge in [-0.3, -0.25) is 9.30 Å². The first-order valence-electron chi connectivity index (χ1n) is 10.00. The molecular weight excluding hydrogens is 370 g/mol. The van der Waals surface area contributed by atoms with E-state index in [9.17, 15) is 4.79 Å². The number of hydrogen-bond donors (Lipinski definition) is 2. The minimum Gasteiger partial charge on any atom is -0.335 e. The van der Waals surface area contributed by atoms with Gasteiger partial charge in [-0.2, -0.15) is 0 Å². The van der Waals surface area contributed by atoms with Crippen molar-refractivity contribution in [3.05, 3.63) is 59.4 Å². The average molecular weight is 396 g/mol. The van der Waals surface area contributed by atoms with Gasteiger partial charge in [-0.25, -0.2) is 9.78 Å². The van der Waals surface area contributed by atoms with E-state index in [1.807, 2.05) is 22.2 Å². The Hall–Kier alpha value is -2.38. The van der Waals surface area contributed by atoms with Gasteiger partial charge in [0.1, 0.15) is 0 Å². The number of hydrogen-bond acceptors (Lipinski definition) is 4. The average Bonchev–Trinajstić information content (AvgIpc) is 3.34. The van der Waals surface area contributed by atoms with E-state index in [1.165, 1.54) is 18.4 Å². The number of nitrogens with one attached hydrogen (secondary N) is 2. The van der Waals surface area contributed by atoms with Crippen LogP contribution in [0.3, 0.4) is 0 Å². The van der Waals surface area contributed by atoms with Crippen LogP contribution >= 0.6 is 11.3 Å². The Balaban J connectivity index is 1.13. The van der Waals surface area contributed by atoms with Gasteiger partial charge in [-0.05, 0) is 31.2 Å². The number of rotatable bonds is 5. The van der Waals surface area contributed by atoms with Crippen LogP contribution < -0.4 is 10.6 Å². The molecule has 2 saturated heterocycles. The van der Waals surface area contributed by atoms with E-state index in [-0.39, 0.29) is 12.1 Å². The molecule has 5 rings (SSSR count). The van der Waals surface area contributed by atoms with Gasteiger partial charge in [0.15, 0.2) is 4.96 Å². The summed E-state index contributed by atoms with van der Waals surface area (Å²) in [6, 6.07) is 12.0. The van der Waals surface area contributed by atoms with Gasteiger partial charge in [0.05, 0.1) is 12.2 Å². The molecule has 2 unspecified atom stereocenters. The first kappa shape index (κ1) is 17.7. The summed E-state index contributed by atoms with van der Waals surface area (Å²) in [4.78, 5) is 20.5. The number of carbonyl (C=O) groups excluding carboxylic acids is 1. The molecule has 2 aliphatic heterocycles. The second-order valence-corrected chi connectivity index (χ2v) is 8.74. The molecule has 2 amide bonds. The van der Waals surface area contributed by atoms with Crippen LogP contribution in [0.2, 0.25) is 0 Å². The Morgan fingerprint density at radius 3 is 2.71 bits per heavy atom. The highest BCUT2D eigenvalue weighted by atomic mass is 32.1. The van der Waals surface area contributed by atoms with Gasteiger partial charge in [-0.1, -0.05) is 30.3 Å². The van der Waals surface area contributed by atoms with Crippen molar-refractivity contribution in [2.45, 2.75) is 56.9 Å². The molecule has 2 bridgehead atoms. The third-order valence-electron chi connectivity index (χ3n) is 6.00. The highest BCUT2D eigenvalue weighted by Gasteiger charge is 2.40. The van der Waals surface area contributed by atoms with E-state index in [1.54, 1.807) is 11.3 Å². The summed E-state index contributed by atoms with van der Waals surface area (Å²) in [6.45, 7) is 1.48. The lowest BCUT2D eigenvalue weighted by molar-refractivity contribution is 0.111. The number of fused-ring (bicyclic) bond motifs is 3. The molecule has 0 aliphatic carbocycles. The standard InChI is InChI=1S/C21H25N5OS/c27-20(22-12-17-14-25-8-9-28-21(25)24-17)23-16-10-18-6-7-19(11-16)26(18)13-15-4-2-1-3-5-15/h1-5,8-9,14,16,18-19H,6-7,10-13H2,(H2,22,23,27). The number of piperidine rings is 1. The van der Waals surface area contributed by atoms with Gasteiger partial charge < -0.3 is 10.6 Å². The van der Waals surface area contributed by atoms with Gasteiger partial charge in [0.25, 0.3) is 0 Å². The molecule has 7 heteroatoms. The van der Waals surface area contributed by atoms with Crippen LogP contribution in [0.15, 0.2) is 48.1 Å². The molecule has 28 heavy (non-hydrogen) atoms. The molecule has 0 saturated carbocycles. The summed E-state index contributed by atoms with van der Waals surface area (Å²) in [6.07, 6.45) is 8.50. The van der Waals surface area contributed by atoms with E-state index in [0.717, 1.165) is 30.0 Å². The van der Waals surface area contributed by atoms with Crippen molar-refractivity contribution in [1.29, 1.82) is 0 Å². The van der Waals surface area contributed by atoms with Crippen molar-refractivity contribution in [2.24, 2.45) is 0 Å². The van der Waals surface area contributed by atoms with Crippen LogP contribution in [0.4, 0.5) is 4.79 Å².